The van der Waals surface area contributed by atoms with E-state index in [1.807, 2.05) is 0 Å². The summed E-state index contributed by atoms with van der Waals surface area (Å²) in [6.07, 6.45) is 0. The third-order valence-electron chi connectivity index (χ3n) is 1.97. The van der Waals surface area contributed by atoms with Crippen LogP contribution in [0.25, 0.3) is 0 Å². The molecule has 0 aliphatic carbocycles. The van der Waals surface area contributed by atoms with E-state index in [1.54, 1.807) is 16.8 Å². The first-order valence-electron chi connectivity index (χ1n) is 4.24. The summed E-state index contributed by atoms with van der Waals surface area (Å²) in [5.74, 6) is -0.306. The van der Waals surface area contributed by atoms with Gasteiger partial charge in [0.05, 0.1) is 6.54 Å². The lowest BCUT2D eigenvalue weighted by Gasteiger charge is -2.15. The molecule has 1 rings (SSSR count). The predicted molar refractivity (Wildman–Crippen MR) is 46.2 cm³/mol. The summed E-state index contributed by atoms with van der Waals surface area (Å²) in [5.41, 5.74) is 0. The Bertz CT molecular complexity index is 217. The van der Waals surface area contributed by atoms with Crippen LogP contribution in [0.1, 0.15) is 6.92 Å². The zero-order valence-corrected chi connectivity index (χ0v) is 7.95. The molecule has 0 saturated carbocycles. The van der Waals surface area contributed by atoms with Gasteiger partial charge >= 0.3 is 12.0 Å². The molecule has 0 N–H and O–H groups in total. The van der Waals surface area contributed by atoms with Crippen molar-refractivity contribution in [3.63, 3.8) is 0 Å². The summed E-state index contributed by atoms with van der Waals surface area (Å²) < 4.78 is 4.74. The van der Waals surface area contributed by atoms with Gasteiger partial charge in [-0.25, -0.2) is 4.79 Å². The molecule has 5 nitrogen and oxygen atoms in total. The highest BCUT2D eigenvalue weighted by molar-refractivity contribution is 5.76. The Kier molecular flexibility index (Phi) is 3.11. The summed E-state index contributed by atoms with van der Waals surface area (Å²) >= 11 is 0. The minimum atomic E-state index is -0.306. The molecular weight excluding hydrogens is 172 g/mol. The Labute approximate surface area is 77.2 Å². The maximum Gasteiger partial charge on any atom is 0.319 e. The first kappa shape index (κ1) is 9.83. The second-order valence-corrected chi connectivity index (χ2v) is 3.03. The summed E-state index contributed by atoms with van der Waals surface area (Å²) in [7, 11) is 1.76. The third kappa shape index (κ3) is 2.61. The maximum atomic E-state index is 11.3. The van der Waals surface area contributed by atoms with Crippen LogP contribution in [0.2, 0.25) is 0 Å². The molecule has 0 radical (unpaired) electrons. The summed E-state index contributed by atoms with van der Waals surface area (Å²) in [6, 6.07) is 0.00662. The van der Waals surface area contributed by atoms with Crippen LogP contribution in [0, 0.1) is 0 Å². The Balaban J connectivity index is 2.23. The lowest BCUT2D eigenvalue weighted by atomic mass is 10.5. The van der Waals surface area contributed by atoms with Crippen molar-refractivity contribution in [2.45, 2.75) is 6.92 Å². The molecule has 1 aliphatic heterocycles. The van der Waals surface area contributed by atoms with Crippen molar-refractivity contribution in [1.82, 2.24) is 9.80 Å². The monoisotopic (exact) mass is 186 g/mol. The van der Waals surface area contributed by atoms with E-state index in [4.69, 9.17) is 4.74 Å². The van der Waals surface area contributed by atoms with Crippen molar-refractivity contribution in [1.29, 1.82) is 0 Å². The minimum Gasteiger partial charge on any atom is -0.464 e. The number of nitrogens with zero attached hydrogens (tertiary/aromatic N) is 2. The molecule has 1 heterocycles. The van der Waals surface area contributed by atoms with Gasteiger partial charge < -0.3 is 14.5 Å². The summed E-state index contributed by atoms with van der Waals surface area (Å²) in [4.78, 5) is 25.0. The number of urea groups is 1. The fourth-order valence-electron chi connectivity index (χ4n) is 1.21. The average molecular weight is 186 g/mol. The number of esters is 1. The van der Waals surface area contributed by atoms with Crippen LogP contribution in [-0.2, 0) is 9.53 Å². The quantitative estimate of drug-likeness (QED) is 0.579. The SMILES string of the molecule is CC(=O)OCCN1CCN(C)C1=O. The molecule has 2 amide bonds. The Morgan fingerprint density at radius 2 is 2.23 bits per heavy atom. The molecule has 0 aromatic carbocycles. The lowest BCUT2D eigenvalue weighted by Crippen LogP contribution is -2.32. The highest BCUT2D eigenvalue weighted by Crippen LogP contribution is 2.04. The number of hydrogen-bond donors (Lipinski definition) is 0. The fraction of sp³-hybridized carbons (Fsp3) is 0.750. The smallest absolute Gasteiger partial charge is 0.319 e. The number of ether oxygens (including phenoxy) is 1. The Morgan fingerprint density at radius 1 is 1.54 bits per heavy atom. The van der Waals surface area contributed by atoms with Crippen molar-refractivity contribution in [2.24, 2.45) is 0 Å². The number of carbonyl (C=O) groups is 2. The lowest BCUT2D eigenvalue weighted by molar-refractivity contribution is -0.141. The van der Waals surface area contributed by atoms with Crippen LogP contribution in [0.15, 0.2) is 0 Å². The van der Waals surface area contributed by atoms with E-state index in [2.05, 4.69) is 0 Å². The van der Waals surface area contributed by atoms with Crippen molar-refractivity contribution < 1.29 is 14.3 Å². The first-order valence-corrected chi connectivity index (χ1v) is 4.24. The molecule has 5 heteroatoms. The van der Waals surface area contributed by atoms with Gasteiger partial charge in [-0.1, -0.05) is 0 Å². The second-order valence-electron chi connectivity index (χ2n) is 3.03. The largest absolute Gasteiger partial charge is 0.464 e. The van der Waals surface area contributed by atoms with Crippen LogP contribution in [-0.4, -0.2) is 55.1 Å². The van der Waals surface area contributed by atoms with Gasteiger partial charge in [-0.05, 0) is 0 Å². The molecule has 1 aliphatic rings. The van der Waals surface area contributed by atoms with Gasteiger partial charge in [0.1, 0.15) is 6.61 Å². The van der Waals surface area contributed by atoms with E-state index in [-0.39, 0.29) is 18.6 Å². The van der Waals surface area contributed by atoms with Crippen LogP contribution in [0.5, 0.6) is 0 Å². The minimum absolute atomic E-state index is 0.00662. The molecule has 0 unspecified atom stereocenters. The molecule has 74 valence electrons. The molecule has 0 atom stereocenters. The van der Waals surface area contributed by atoms with Crippen molar-refractivity contribution >= 4 is 12.0 Å². The molecule has 13 heavy (non-hydrogen) atoms. The van der Waals surface area contributed by atoms with Gasteiger partial charge in [-0.3, -0.25) is 4.79 Å². The number of likely N-dealkylation sites (N-methyl/N-ethyl adjacent to an activating group) is 1. The maximum absolute atomic E-state index is 11.3. The van der Waals surface area contributed by atoms with Gasteiger partial charge in [0.2, 0.25) is 0 Å². The normalized spacial score (nSPS) is 16.6. The van der Waals surface area contributed by atoms with E-state index in [0.717, 1.165) is 13.1 Å². The zero-order chi connectivity index (χ0) is 9.84. The van der Waals surface area contributed by atoms with Crippen molar-refractivity contribution in [2.75, 3.05) is 33.3 Å². The van der Waals surface area contributed by atoms with Crippen molar-refractivity contribution in [3.05, 3.63) is 0 Å². The molecule has 1 fully saturated rings. The standard InChI is InChI=1S/C8H14N2O3/c1-7(11)13-6-5-10-4-3-9(2)8(10)12/h3-6H2,1-2H3. The van der Waals surface area contributed by atoms with Gasteiger partial charge in [0.15, 0.2) is 0 Å². The zero-order valence-electron chi connectivity index (χ0n) is 7.95. The van der Waals surface area contributed by atoms with Gasteiger partial charge in [0.25, 0.3) is 0 Å². The molecular formula is C8H14N2O3. The Hall–Kier alpha value is -1.26. The van der Waals surface area contributed by atoms with Gasteiger partial charge in [-0.15, -0.1) is 0 Å². The van der Waals surface area contributed by atoms with Crippen LogP contribution in [0.3, 0.4) is 0 Å². The van der Waals surface area contributed by atoms with E-state index in [0.29, 0.717) is 6.54 Å². The van der Waals surface area contributed by atoms with Gasteiger partial charge in [0, 0.05) is 27.1 Å². The Morgan fingerprint density at radius 3 is 2.69 bits per heavy atom. The predicted octanol–water partition coefficient (Wildman–Crippen LogP) is -0.0831. The number of hydrogen-bond acceptors (Lipinski definition) is 3. The third-order valence-corrected chi connectivity index (χ3v) is 1.97. The highest BCUT2D eigenvalue weighted by Gasteiger charge is 2.24. The summed E-state index contributed by atoms with van der Waals surface area (Å²) in [6.45, 7) is 3.60. The molecule has 0 bridgehead atoms. The van der Waals surface area contributed by atoms with E-state index in [9.17, 15) is 9.59 Å². The number of amides is 2. The topological polar surface area (TPSA) is 49.9 Å². The molecule has 0 spiro atoms. The fourth-order valence-corrected chi connectivity index (χ4v) is 1.21. The number of rotatable bonds is 3. The van der Waals surface area contributed by atoms with Crippen LogP contribution < -0.4 is 0 Å². The van der Waals surface area contributed by atoms with Crippen LogP contribution >= 0.6 is 0 Å². The van der Waals surface area contributed by atoms with E-state index in [1.165, 1.54) is 6.92 Å². The molecule has 0 aromatic rings. The molecule has 0 aromatic heterocycles. The highest BCUT2D eigenvalue weighted by atomic mass is 16.5. The molecule has 1 saturated heterocycles. The van der Waals surface area contributed by atoms with Crippen LogP contribution in [0.4, 0.5) is 4.79 Å². The van der Waals surface area contributed by atoms with E-state index < -0.39 is 0 Å². The number of carbonyl (C=O) groups excluding carboxylic acids is 2. The first-order chi connectivity index (χ1) is 6.11. The average Bonchev–Trinajstić information content (AvgIpc) is 2.35. The van der Waals surface area contributed by atoms with Crippen molar-refractivity contribution in [3.8, 4) is 0 Å². The summed E-state index contributed by atoms with van der Waals surface area (Å²) in [5, 5.41) is 0. The van der Waals surface area contributed by atoms with E-state index >= 15 is 0 Å². The second kappa shape index (κ2) is 4.11. The van der Waals surface area contributed by atoms with Gasteiger partial charge in [-0.2, -0.15) is 0 Å².